The van der Waals surface area contributed by atoms with Crippen LogP contribution < -0.4 is 10.1 Å². The van der Waals surface area contributed by atoms with Crippen molar-refractivity contribution in [3.8, 4) is 17.0 Å². The van der Waals surface area contributed by atoms with Crippen molar-refractivity contribution in [1.82, 2.24) is 24.4 Å². The van der Waals surface area contributed by atoms with E-state index in [1.54, 1.807) is 18.5 Å². The van der Waals surface area contributed by atoms with E-state index in [9.17, 15) is 19.4 Å². The topological polar surface area (TPSA) is 127 Å². The second kappa shape index (κ2) is 8.36. The molecule has 32 heavy (non-hydrogen) atoms. The molecule has 3 heterocycles. The number of hydrogen-bond acceptors (Lipinski definition) is 7. The lowest BCUT2D eigenvalue weighted by Gasteiger charge is -2.19. The average Bonchev–Trinajstić information content (AvgIpc) is 3.37. The summed E-state index contributed by atoms with van der Waals surface area (Å²) in [5, 5.41) is 30.9. The van der Waals surface area contributed by atoms with Crippen molar-refractivity contribution in [2.45, 2.75) is 19.1 Å². The molecule has 4 aromatic rings. The lowest BCUT2D eigenvalue weighted by Crippen LogP contribution is -2.34. The Balaban J connectivity index is 1.77. The molecule has 1 amide bonds. The van der Waals surface area contributed by atoms with Crippen molar-refractivity contribution in [2.75, 3.05) is 19.0 Å². The smallest absolute Gasteiger partial charge is 0.261 e. The second-order valence-corrected chi connectivity index (χ2v) is 7.49. The number of aliphatic hydroxyl groups excluding tert-OH is 1. The summed E-state index contributed by atoms with van der Waals surface area (Å²) in [7, 11) is 1.44. The molecule has 0 fully saturated rings. The van der Waals surface area contributed by atoms with Gasteiger partial charge in [-0.1, -0.05) is 0 Å². The van der Waals surface area contributed by atoms with E-state index in [2.05, 4.69) is 20.5 Å². The van der Waals surface area contributed by atoms with Gasteiger partial charge in [0.2, 0.25) is 0 Å². The van der Waals surface area contributed by atoms with Gasteiger partial charge in [0.25, 0.3) is 5.91 Å². The number of anilines is 1. The van der Waals surface area contributed by atoms with Crippen molar-refractivity contribution in [3.63, 3.8) is 0 Å². The van der Waals surface area contributed by atoms with Crippen LogP contribution in [0.3, 0.4) is 0 Å². The molecule has 0 aliphatic carbocycles. The fourth-order valence-electron chi connectivity index (χ4n) is 3.23. The number of amides is 1. The molecule has 0 aliphatic heterocycles. The second-order valence-electron chi connectivity index (χ2n) is 7.49. The average molecular weight is 440 g/mol. The van der Waals surface area contributed by atoms with Gasteiger partial charge in [-0.25, -0.2) is 13.9 Å². The highest BCUT2D eigenvalue weighted by Crippen LogP contribution is 2.35. The minimum atomic E-state index is -1.46. The van der Waals surface area contributed by atoms with Crippen molar-refractivity contribution in [3.05, 3.63) is 60.4 Å². The molecular weight excluding hydrogens is 419 g/mol. The number of fused-ring (bicyclic) bond motifs is 1. The van der Waals surface area contributed by atoms with Crippen molar-refractivity contribution < 1.29 is 24.1 Å². The van der Waals surface area contributed by atoms with Gasteiger partial charge in [-0.15, -0.1) is 0 Å². The SMILES string of the molecule is COc1ccc(F)cc1-c1nn(CC(C)(O)CO)cc1NC(=O)c1cnn2cccnc12. The van der Waals surface area contributed by atoms with Gasteiger partial charge in [0, 0.05) is 24.2 Å². The molecular formula is C21H21FN6O4. The third-order valence-electron chi connectivity index (χ3n) is 4.79. The van der Waals surface area contributed by atoms with Crippen LogP contribution in [0.1, 0.15) is 17.3 Å². The monoisotopic (exact) mass is 440 g/mol. The van der Waals surface area contributed by atoms with Gasteiger partial charge < -0.3 is 20.3 Å². The number of ether oxygens (including phenoxy) is 1. The summed E-state index contributed by atoms with van der Waals surface area (Å²) in [6.07, 6.45) is 6.09. The minimum absolute atomic E-state index is 0.0672. The quantitative estimate of drug-likeness (QED) is 0.399. The Morgan fingerprint density at radius 2 is 2.19 bits per heavy atom. The summed E-state index contributed by atoms with van der Waals surface area (Å²) < 4.78 is 22.2. The highest BCUT2D eigenvalue weighted by atomic mass is 19.1. The molecule has 1 atom stereocenters. The lowest BCUT2D eigenvalue weighted by molar-refractivity contribution is -0.0144. The number of halogens is 1. The van der Waals surface area contributed by atoms with Gasteiger partial charge in [-0.3, -0.25) is 9.48 Å². The van der Waals surface area contributed by atoms with Gasteiger partial charge in [0.1, 0.15) is 28.4 Å². The summed E-state index contributed by atoms with van der Waals surface area (Å²) >= 11 is 0. The van der Waals surface area contributed by atoms with Gasteiger partial charge >= 0.3 is 0 Å². The maximum absolute atomic E-state index is 14.0. The fourth-order valence-corrected chi connectivity index (χ4v) is 3.23. The molecule has 1 unspecified atom stereocenters. The van der Waals surface area contributed by atoms with Crippen LogP contribution in [0.4, 0.5) is 10.1 Å². The van der Waals surface area contributed by atoms with Crippen molar-refractivity contribution in [2.24, 2.45) is 0 Å². The van der Waals surface area contributed by atoms with E-state index in [0.717, 1.165) is 0 Å². The summed E-state index contributed by atoms with van der Waals surface area (Å²) in [5.41, 5.74) is -0.0644. The van der Waals surface area contributed by atoms with Gasteiger partial charge in [-0.2, -0.15) is 10.2 Å². The first-order chi connectivity index (χ1) is 15.3. The van der Waals surface area contributed by atoms with Gasteiger partial charge in [0.15, 0.2) is 5.65 Å². The first-order valence-electron chi connectivity index (χ1n) is 9.65. The van der Waals surface area contributed by atoms with E-state index in [0.29, 0.717) is 17.0 Å². The van der Waals surface area contributed by atoms with E-state index in [1.165, 1.54) is 53.8 Å². The molecule has 4 rings (SSSR count). The Hall–Kier alpha value is -3.83. The molecule has 0 radical (unpaired) electrons. The van der Waals surface area contributed by atoms with Crippen LogP contribution >= 0.6 is 0 Å². The number of rotatable bonds is 7. The van der Waals surface area contributed by atoms with E-state index >= 15 is 0 Å². The maximum atomic E-state index is 14.0. The third-order valence-corrected chi connectivity index (χ3v) is 4.79. The number of nitrogens with one attached hydrogen (secondary N) is 1. The van der Waals surface area contributed by atoms with E-state index in [1.807, 2.05) is 0 Å². The largest absolute Gasteiger partial charge is 0.496 e. The number of hydrogen-bond donors (Lipinski definition) is 3. The number of benzene rings is 1. The predicted octanol–water partition coefficient (Wildman–Crippen LogP) is 1.74. The van der Waals surface area contributed by atoms with Gasteiger partial charge in [0.05, 0.1) is 32.1 Å². The molecule has 11 heteroatoms. The Kier molecular flexibility index (Phi) is 5.59. The predicted molar refractivity (Wildman–Crippen MR) is 113 cm³/mol. The number of methoxy groups -OCH3 is 1. The minimum Gasteiger partial charge on any atom is -0.496 e. The number of carbonyl (C=O) groups excluding carboxylic acids is 1. The maximum Gasteiger partial charge on any atom is 0.261 e. The molecule has 1 aromatic carbocycles. The van der Waals surface area contributed by atoms with Crippen LogP contribution in [0.25, 0.3) is 16.9 Å². The Morgan fingerprint density at radius 1 is 1.38 bits per heavy atom. The molecule has 0 spiro atoms. The normalized spacial score (nSPS) is 13.2. The van der Waals surface area contributed by atoms with Crippen LogP contribution in [-0.4, -0.2) is 59.8 Å². The van der Waals surface area contributed by atoms with E-state index < -0.39 is 23.9 Å². The van der Waals surface area contributed by atoms with Crippen LogP contribution in [0.2, 0.25) is 0 Å². The van der Waals surface area contributed by atoms with E-state index in [-0.39, 0.29) is 23.5 Å². The number of aromatic nitrogens is 5. The van der Waals surface area contributed by atoms with Gasteiger partial charge in [-0.05, 0) is 31.2 Å². The third kappa shape index (κ3) is 4.15. The molecule has 3 aromatic heterocycles. The Morgan fingerprint density at radius 3 is 2.94 bits per heavy atom. The first-order valence-corrected chi connectivity index (χ1v) is 9.65. The number of aliphatic hydroxyl groups is 2. The highest BCUT2D eigenvalue weighted by molar-refractivity contribution is 6.09. The lowest BCUT2D eigenvalue weighted by atomic mass is 10.1. The van der Waals surface area contributed by atoms with Crippen LogP contribution in [-0.2, 0) is 6.54 Å². The van der Waals surface area contributed by atoms with Crippen LogP contribution in [0, 0.1) is 5.82 Å². The molecule has 0 saturated carbocycles. The number of carbonyl (C=O) groups is 1. The zero-order valence-corrected chi connectivity index (χ0v) is 17.4. The van der Waals surface area contributed by atoms with Crippen molar-refractivity contribution in [1.29, 1.82) is 0 Å². The van der Waals surface area contributed by atoms with Crippen LogP contribution in [0.15, 0.2) is 49.1 Å². The summed E-state index contributed by atoms with van der Waals surface area (Å²) in [4.78, 5) is 17.2. The first kappa shape index (κ1) is 21.4. The highest BCUT2D eigenvalue weighted by Gasteiger charge is 2.24. The summed E-state index contributed by atoms with van der Waals surface area (Å²) in [5.74, 6) is -0.663. The zero-order chi connectivity index (χ0) is 22.9. The van der Waals surface area contributed by atoms with Crippen LogP contribution in [0.5, 0.6) is 5.75 Å². The summed E-state index contributed by atoms with van der Waals surface area (Å²) in [6, 6.07) is 5.63. The Bertz CT molecular complexity index is 1280. The molecule has 0 aliphatic rings. The molecule has 0 saturated heterocycles. The van der Waals surface area contributed by atoms with E-state index in [4.69, 9.17) is 4.74 Å². The number of nitrogens with zero attached hydrogens (tertiary/aromatic N) is 5. The molecule has 166 valence electrons. The molecule has 3 N–H and O–H groups in total. The fraction of sp³-hybridized carbons (Fsp3) is 0.238. The van der Waals surface area contributed by atoms with Crippen molar-refractivity contribution >= 4 is 17.2 Å². The summed E-state index contributed by atoms with van der Waals surface area (Å²) in [6.45, 7) is 0.879. The zero-order valence-electron chi connectivity index (χ0n) is 17.4. The Labute approximate surface area is 181 Å². The molecule has 10 nitrogen and oxygen atoms in total. The molecule has 0 bridgehead atoms. The standard InChI is InChI=1S/C21H21FN6O4/c1-21(31,12-29)11-27-10-16(18(26-27)14-8-13(22)4-5-17(14)32-2)25-20(30)15-9-24-28-7-3-6-23-19(15)28/h3-10,29,31H,11-12H2,1-2H3,(H,25,30).